The van der Waals surface area contributed by atoms with Crippen LogP contribution in [-0.4, -0.2) is 36.4 Å². The summed E-state index contributed by atoms with van der Waals surface area (Å²) in [6.45, 7) is 9.69. The van der Waals surface area contributed by atoms with E-state index in [1.807, 2.05) is 34.6 Å². The Labute approximate surface area is 131 Å². The maximum atomic E-state index is 12.7. The van der Waals surface area contributed by atoms with Gasteiger partial charge < -0.3 is 9.47 Å². The van der Waals surface area contributed by atoms with E-state index in [-0.39, 0.29) is 22.4 Å². The highest BCUT2D eigenvalue weighted by Gasteiger charge is 2.30. The van der Waals surface area contributed by atoms with Gasteiger partial charge in [-0.15, -0.1) is 0 Å². The van der Waals surface area contributed by atoms with Crippen molar-refractivity contribution in [2.75, 3.05) is 7.05 Å². The SMILES string of the molecule is CCC(C)(C)N(C)C(=O)c1cc(S(=O)(=O)Cl)cn1C(C)C. The number of hydrogen-bond donors (Lipinski definition) is 0. The molecule has 0 N–H and O–H groups in total. The van der Waals surface area contributed by atoms with Gasteiger partial charge in [0.25, 0.3) is 15.0 Å². The molecule has 120 valence electrons. The summed E-state index contributed by atoms with van der Waals surface area (Å²) in [7, 11) is 3.25. The minimum atomic E-state index is -3.86. The Bertz CT molecular complexity index is 633. The molecule has 0 aliphatic carbocycles. The van der Waals surface area contributed by atoms with E-state index in [0.29, 0.717) is 5.69 Å². The molecule has 0 atom stereocenters. The van der Waals surface area contributed by atoms with Crippen LogP contribution in [0.5, 0.6) is 0 Å². The Morgan fingerprint density at radius 2 is 1.95 bits per heavy atom. The van der Waals surface area contributed by atoms with Crippen LogP contribution in [0.1, 0.15) is 57.6 Å². The van der Waals surface area contributed by atoms with Crippen molar-refractivity contribution in [2.24, 2.45) is 0 Å². The van der Waals surface area contributed by atoms with Crippen LogP contribution in [0, 0.1) is 0 Å². The van der Waals surface area contributed by atoms with Gasteiger partial charge in [-0.05, 0) is 40.2 Å². The van der Waals surface area contributed by atoms with E-state index in [1.165, 1.54) is 12.3 Å². The van der Waals surface area contributed by atoms with Gasteiger partial charge >= 0.3 is 0 Å². The van der Waals surface area contributed by atoms with Gasteiger partial charge in [-0.25, -0.2) is 8.42 Å². The third-order valence-corrected chi connectivity index (χ3v) is 5.28. The first kappa shape index (κ1) is 18.0. The van der Waals surface area contributed by atoms with E-state index in [0.717, 1.165) is 6.42 Å². The zero-order valence-corrected chi connectivity index (χ0v) is 14.9. The normalized spacial score (nSPS) is 12.8. The zero-order valence-electron chi connectivity index (χ0n) is 13.3. The van der Waals surface area contributed by atoms with Crippen molar-refractivity contribution in [1.29, 1.82) is 0 Å². The number of amides is 1. The molecule has 0 aliphatic rings. The third-order valence-electron chi connectivity index (χ3n) is 3.96. The maximum absolute atomic E-state index is 12.7. The Hall–Kier alpha value is -1.01. The molecule has 0 saturated heterocycles. The lowest BCUT2D eigenvalue weighted by Gasteiger charge is -2.35. The van der Waals surface area contributed by atoms with Crippen LogP contribution in [0.4, 0.5) is 0 Å². The second kappa shape index (κ2) is 6.01. The number of halogens is 1. The zero-order chi connectivity index (χ0) is 16.6. The van der Waals surface area contributed by atoms with Crippen molar-refractivity contribution in [1.82, 2.24) is 9.47 Å². The molecule has 0 aromatic carbocycles. The summed E-state index contributed by atoms with van der Waals surface area (Å²) in [4.78, 5) is 14.3. The number of aromatic nitrogens is 1. The summed E-state index contributed by atoms with van der Waals surface area (Å²) in [5.41, 5.74) is 0.0108. The highest BCUT2D eigenvalue weighted by Crippen LogP contribution is 2.25. The van der Waals surface area contributed by atoms with Crippen molar-refractivity contribution < 1.29 is 13.2 Å². The predicted molar refractivity (Wildman–Crippen MR) is 84.3 cm³/mol. The minimum absolute atomic E-state index is 0.0470. The van der Waals surface area contributed by atoms with E-state index in [2.05, 4.69) is 0 Å². The van der Waals surface area contributed by atoms with Crippen molar-refractivity contribution >= 4 is 25.6 Å². The van der Waals surface area contributed by atoms with Crippen molar-refractivity contribution in [3.63, 3.8) is 0 Å². The molecule has 0 spiro atoms. The molecule has 1 rings (SSSR count). The second-order valence-corrected chi connectivity index (χ2v) is 8.60. The van der Waals surface area contributed by atoms with Crippen LogP contribution in [0.15, 0.2) is 17.2 Å². The fourth-order valence-electron chi connectivity index (χ4n) is 1.87. The summed E-state index contributed by atoms with van der Waals surface area (Å²) < 4.78 is 24.6. The number of nitrogens with zero attached hydrogens (tertiary/aromatic N) is 2. The molecule has 0 fully saturated rings. The van der Waals surface area contributed by atoms with Gasteiger partial charge in [0.1, 0.15) is 10.6 Å². The summed E-state index contributed by atoms with van der Waals surface area (Å²) in [5.74, 6) is -0.220. The number of rotatable bonds is 5. The van der Waals surface area contributed by atoms with E-state index in [9.17, 15) is 13.2 Å². The van der Waals surface area contributed by atoms with Crippen molar-refractivity contribution in [2.45, 2.75) is 57.5 Å². The number of hydrogen-bond acceptors (Lipinski definition) is 3. The second-order valence-electron chi connectivity index (χ2n) is 6.03. The molecule has 0 saturated carbocycles. The van der Waals surface area contributed by atoms with Crippen LogP contribution in [0.2, 0.25) is 0 Å². The van der Waals surface area contributed by atoms with Gasteiger partial charge in [-0.3, -0.25) is 4.79 Å². The quantitative estimate of drug-likeness (QED) is 0.776. The Morgan fingerprint density at radius 1 is 1.43 bits per heavy atom. The molecule has 0 unspecified atom stereocenters. The summed E-state index contributed by atoms with van der Waals surface area (Å²) in [5, 5.41) is 0. The molecule has 0 aliphatic heterocycles. The summed E-state index contributed by atoms with van der Waals surface area (Å²) in [6.07, 6.45) is 2.20. The molecule has 7 heteroatoms. The average Bonchev–Trinajstić information content (AvgIpc) is 2.81. The van der Waals surface area contributed by atoms with Crippen LogP contribution in [0.25, 0.3) is 0 Å². The largest absolute Gasteiger partial charge is 0.340 e. The first-order chi connectivity index (χ1) is 9.41. The maximum Gasteiger partial charge on any atom is 0.270 e. The summed E-state index contributed by atoms with van der Waals surface area (Å²) in [6, 6.07) is 1.29. The smallest absolute Gasteiger partial charge is 0.270 e. The molecule has 0 radical (unpaired) electrons. The molecule has 1 heterocycles. The number of carbonyl (C=O) groups excluding carboxylic acids is 1. The Kier molecular flexibility index (Phi) is 5.16. The number of carbonyl (C=O) groups is 1. The molecule has 1 amide bonds. The fraction of sp³-hybridized carbons (Fsp3) is 0.643. The predicted octanol–water partition coefficient (Wildman–Crippen LogP) is 3.26. The van der Waals surface area contributed by atoms with Crippen LogP contribution < -0.4 is 0 Å². The topological polar surface area (TPSA) is 59.4 Å². The van der Waals surface area contributed by atoms with E-state index >= 15 is 0 Å². The van der Waals surface area contributed by atoms with Gasteiger partial charge in [-0.2, -0.15) is 0 Å². The first-order valence-electron chi connectivity index (χ1n) is 6.86. The van der Waals surface area contributed by atoms with Crippen LogP contribution in [-0.2, 0) is 9.05 Å². The minimum Gasteiger partial charge on any atom is -0.340 e. The standard InChI is InChI=1S/C14H23ClN2O3S/c1-7-14(4,5)16(6)13(18)12-8-11(21(15,19)20)9-17(12)10(2)3/h8-10H,7H2,1-6H3. The van der Waals surface area contributed by atoms with E-state index < -0.39 is 9.05 Å². The molecule has 0 bridgehead atoms. The Balaban J connectivity index is 3.36. The van der Waals surface area contributed by atoms with E-state index in [1.54, 1.807) is 16.5 Å². The van der Waals surface area contributed by atoms with Gasteiger partial charge in [0.05, 0.1) is 0 Å². The van der Waals surface area contributed by atoms with Crippen molar-refractivity contribution in [3.05, 3.63) is 18.0 Å². The van der Waals surface area contributed by atoms with Gasteiger partial charge in [0.2, 0.25) is 0 Å². The summed E-state index contributed by atoms with van der Waals surface area (Å²) >= 11 is 0. The van der Waals surface area contributed by atoms with E-state index in [4.69, 9.17) is 10.7 Å². The lowest BCUT2D eigenvalue weighted by Crippen LogP contribution is -2.45. The molecular formula is C14H23ClN2O3S. The molecule has 1 aromatic heterocycles. The Morgan fingerprint density at radius 3 is 2.33 bits per heavy atom. The first-order valence-corrected chi connectivity index (χ1v) is 9.17. The lowest BCUT2D eigenvalue weighted by atomic mass is 9.99. The third kappa shape index (κ3) is 3.80. The highest BCUT2D eigenvalue weighted by atomic mass is 35.7. The van der Waals surface area contributed by atoms with Crippen molar-refractivity contribution in [3.8, 4) is 0 Å². The van der Waals surface area contributed by atoms with Crippen LogP contribution >= 0.6 is 10.7 Å². The van der Waals surface area contributed by atoms with Gasteiger partial charge in [-0.1, -0.05) is 6.92 Å². The monoisotopic (exact) mass is 334 g/mol. The molecule has 5 nitrogen and oxygen atoms in total. The molecule has 1 aromatic rings. The average molecular weight is 335 g/mol. The van der Waals surface area contributed by atoms with Gasteiger partial charge in [0.15, 0.2) is 0 Å². The lowest BCUT2D eigenvalue weighted by molar-refractivity contribution is 0.0607. The fourth-order valence-corrected chi connectivity index (χ4v) is 2.61. The van der Waals surface area contributed by atoms with Gasteiger partial charge in [0, 0.05) is 35.5 Å². The highest BCUT2D eigenvalue weighted by molar-refractivity contribution is 8.13. The molecular weight excluding hydrogens is 312 g/mol. The van der Waals surface area contributed by atoms with Crippen LogP contribution in [0.3, 0.4) is 0 Å². The molecule has 21 heavy (non-hydrogen) atoms.